The van der Waals surface area contributed by atoms with Crippen LogP contribution in [0.1, 0.15) is 48.0 Å². The number of hydrogen-bond acceptors (Lipinski definition) is 4. The number of hydrogen-bond donors (Lipinski definition) is 2. The van der Waals surface area contributed by atoms with Gasteiger partial charge < -0.3 is 9.84 Å². The van der Waals surface area contributed by atoms with Crippen molar-refractivity contribution in [3.8, 4) is 0 Å². The molecule has 1 aliphatic rings. The molecular formula is C16H24ClNO3. The van der Waals surface area contributed by atoms with E-state index in [1.54, 1.807) is 24.3 Å². The zero-order valence-electron chi connectivity index (χ0n) is 12.3. The van der Waals surface area contributed by atoms with E-state index in [-0.39, 0.29) is 18.3 Å². The lowest BCUT2D eigenvalue weighted by Gasteiger charge is -2.39. The molecule has 1 aromatic rings. The standard InChI is InChI=1S/C16H23NO3.ClH/c1-20-16(17,14-9-7-12(11-18)8-10-14)15(19)13-5-3-2-4-6-13;/h7-11,13,15,19H,2-6,17H2,1H3;1H/t15-,16-;/m0./s1. The fourth-order valence-corrected chi connectivity index (χ4v) is 3.03. The normalized spacial score (nSPS) is 20.1. The molecule has 0 aromatic heterocycles. The lowest BCUT2D eigenvalue weighted by atomic mass is 9.79. The second kappa shape index (κ2) is 7.90. The number of carbonyl (C=O) groups excluding carboxylic acids is 1. The predicted octanol–water partition coefficient (Wildman–Crippen LogP) is 2.62. The third-order valence-electron chi connectivity index (χ3n) is 4.37. The summed E-state index contributed by atoms with van der Waals surface area (Å²) in [7, 11) is 1.51. The van der Waals surface area contributed by atoms with E-state index >= 15 is 0 Å². The molecule has 3 N–H and O–H groups in total. The molecule has 0 saturated heterocycles. The predicted molar refractivity (Wildman–Crippen MR) is 84.5 cm³/mol. The highest BCUT2D eigenvalue weighted by atomic mass is 35.5. The van der Waals surface area contributed by atoms with E-state index in [9.17, 15) is 9.90 Å². The third kappa shape index (κ3) is 3.83. The zero-order valence-corrected chi connectivity index (χ0v) is 13.1. The Kier molecular flexibility index (Phi) is 6.81. The van der Waals surface area contributed by atoms with Crippen LogP contribution in [0.3, 0.4) is 0 Å². The van der Waals surface area contributed by atoms with Crippen LogP contribution < -0.4 is 5.73 Å². The molecule has 4 nitrogen and oxygen atoms in total. The van der Waals surface area contributed by atoms with Crippen molar-refractivity contribution in [2.75, 3.05) is 7.11 Å². The Hall–Kier alpha value is -0.940. The highest BCUT2D eigenvalue weighted by Crippen LogP contribution is 2.35. The molecule has 21 heavy (non-hydrogen) atoms. The lowest BCUT2D eigenvalue weighted by Crippen LogP contribution is -2.53. The molecule has 2 atom stereocenters. The number of halogens is 1. The molecule has 0 spiro atoms. The summed E-state index contributed by atoms with van der Waals surface area (Å²) in [6, 6.07) is 6.88. The molecule has 2 rings (SSSR count). The van der Waals surface area contributed by atoms with Crippen LogP contribution in [0.2, 0.25) is 0 Å². The number of ether oxygens (including phenoxy) is 1. The van der Waals surface area contributed by atoms with Crippen LogP contribution in [-0.2, 0) is 10.5 Å². The van der Waals surface area contributed by atoms with E-state index in [0.717, 1.165) is 32.0 Å². The Morgan fingerprint density at radius 2 is 1.86 bits per heavy atom. The quantitative estimate of drug-likeness (QED) is 0.647. The Bertz CT molecular complexity index is 445. The summed E-state index contributed by atoms with van der Waals surface area (Å²) in [4.78, 5) is 10.7. The van der Waals surface area contributed by atoms with Crippen LogP contribution in [0, 0.1) is 5.92 Å². The molecular weight excluding hydrogens is 290 g/mol. The van der Waals surface area contributed by atoms with Crippen molar-refractivity contribution < 1.29 is 14.6 Å². The van der Waals surface area contributed by atoms with Gasteiger partial charge >= 0.3 is 0 Å². The first-order chi connectivity index (χ1) is 9.61. The molecule has 1 aromatic carbocycles. The van der Waals surface area contributed by atoms with Crippen molar-refractivity contribution in [3.05, 3.63) is 35.4 Å². The van der Waals surface area contributed by atoms with Gasteiger partial charge in [-0.2, -0.15) is 0 Å². The first-order valence-electron chi connectivity index (χ1n) is 7.19. The molecule has 0 unspecified atom stereocenters. The van der Waals surface area contributed by atoms with E-state index in [1.165, 1.54) is 13.5 Å². The largest absolute Gasteiger partial charge is 0.388 e. The van der Waals surface area contributed by atoms with Crippen LogP contribution >= 0.6 is 12.4 Å². The van der Waals surface area contributed by atoms with Crippen LogP contribution in [0.5, 0.6) is 0 Å². The van der Waals surface area contributed by atoms with Gasteiger partial charge in [-0.3, -0.25) is 10.5 Å². The van der Waals surface area contributed by atoms with Gasteiger partial charge in [0.1, 0.15) is 12.4 Å². The highest BCUT2D eigenvalue weighted by molar-refractivity contribution is 5.85. The summed E-state index contributed by atoms with van der Waals surface area (Å²) in [5.41, 5.74) is 6.39. The molecule has 0 bridgehead atoms. The van der Waals surface area contributed by atoms with Gasteiger partial charge in [0.25, 0.3) is 0 Å². The number of rotatable bonds is 5. The minimum atomic E-state index is -1.22. The SMILES string of the molecule is CO[C@@](N)(c1ccc(C=O)cc1)[C@@H](O)C1CCCCC1.Cl. The molecule has 5 heteroatoms. The summed E-state index contributed by atoms with van der Waals surface area (Å²) in [5.74, 6) is 0.166. The number of methoxy groups -OCH3 is 1. The first kappa shape index (κ1) is 18.1. The number of benzene rings is 1. The maximum Gasteiger partial charge on any atom is 0.168 e. The van der Waals surface area contributed by atoms with Crippen LogP contribution in [-0.4, -0.2) is 24.6 Å². The smallest absolute Gasteiger partial charge is 0.168 e. The van der Waals surface area contributed by atoms with Crippen molar-refractivity contribution in [1.29, 1.82) is 0 Å². The lowest BCUT2D eigenvalue weighted by molar-refractivity contribution is -0.132. The summed E-state index contributed by atoms with van der Waals surface area (Å²) in [5, 5.41) is 10.7. The third-order valence-corrected chi connectivity index (χ3v) is 4.37. The van der Waals surface area contributed by atoms with Crippen LogP contribution in [0.4, 0.5) is 0 Å². The van der Waals surface area contributed by atoms with Gasteiger partial charge in [0.2, 0.25) is 0 Å². The van der Waals surface area contributed by atoms with Gasteiger partial charge in [-0.25, -0.2) is 0 Å². The van der Waals surface area contributed by atoms with Gasteiger partial charge in [0, 0.05) is 18.2 Å². The first-order valence-corrected chi connectivity index (χ1v) is 7.19. The van der Waals surface area contributed by atoms with Crippen molar-refractivity contribution in [1.82, 2.24) is 0 Å². The second-order valence-corrected chi connectivity index (χ2v) is 5.58. The van der Waals surface area contributed by atoms with Crippen molar-refractivity contribution in [3.63, 3.8) is 0 Å². The van der Waals surface area contributed by atoms with E-state index < -0.39 is 11.8 Å². The molecule has 118 valence electrons. The number of aldehydes is 1. The average molecular weight is 314 g/mol. The maximum absolute atomic E-state index is 10.7. The van der Waals surface area contributed by atoms with Crippen LogP contribution in [0.15, 0.2) is 24.3 Å². The van der Waals surface area contributed by atoms with E-state index in [1.807, 2.05) is 0 Å². The van der Waals surface area contributed by atoms with Gasteiger partial charge in [-0.05, 0) is 18.8 Å². The van der Waals surface area contributed by atoms with Gasteiger partial charge in [0.05, 0.1) is 0 Å². The minimum Gasteiger partial charge on any atom is -0.388 e. The van der Waals surface area contributed by atoms with Gasteiger partial charge in [0.15, 0.2) is 5.72 Å². The summed E-state index contributed by atoms with van der Waals surface area (Å²) < 4.78 is 5.45. The molecule has 0 heterocycles. The number of aliphatic hydroxyl groups excluding tert-OH is 1. The number of aliphatic hydroxyl groups is 1. The van der Waals surface area contributed by atoms with E-state index in [4.69, 9.17) is 10.5 Å². The Morgan fingerprint density at radius 3 is 2.33 bits per heavy atom. The average Bonchev–Trinajstić information content (AvgIpc) is 2.54. The van der Waals surface area contributed by atoms with E-state index in [2.05, 4.69) is 0 Å². The Morgan fingerprint density at radius 1 is 1.29 bits per heavy atom. The summed E-state index contributed by atoms with van der Waals surface area (Å²) in [6.07, 6.45) is 5.49. The minimum absolute atomic E-state index is 0. The molecule has 1 fully saturated rings. The number of nitrogens with two attached hydrogens (primary N) is 1. The van der Waals surface area contributed by atoms with Gasteiger partial charge in [-0.15, -0.1) is 12.4 Å². The second-order valence-electron chi connectivity index (χ2n) is 5.58. The fraction of sp³-hybridized carbons (Fsp3) is 0.562. The number of carbonyl (C=O) groups is 1. The topological polar surface area (TPSA) is 72.5 Å². The Balaban J connectivity index is 0.00000220. The van der Waals surface area contributed by atoms with Crippen molar-refractivity contribution >= 4 is 18.7 Å². The van der Waals surface area contributed by atoms with Crippen molar-refractivity contribution in [2.24, 2.45) is 11.7 Å². The summed E-state index contributed by atoms with van der Waals surface area (Å²) >= 11 is 0. The monoisotopic (exact) mass is 313 g/mol. The molecule has 0 radical (unpaired) electrons. The van der Waals surface area contributed by atoms with Crippen LogP contribution in [0.25, 0.3) is 0 Å². The molecule has 1 aliphatic carbocycles. The molecule has 0 amide bonds. The maximum atomic E-state index is 10.7. The van der Waals surface area contributed by atoms with E-state index in [0.29, 0.717) is 11.1 Å². The fourth-order valence-electron chi connectivity index (χ4n) is 3.03. The molecule has 0 aliphatic heterocycles. The van der Waals surface area contributed by atoms with Crippen molar-refractivity contribution in [2.45, 2.75) is 43.9 Å². The molecule has 1 saturated carbocycles. The van der Waals surface area contributed by atoms with Gasteiger partial charge in [-0.1, -0.05) is 43.5 Å². The Labute approximate surface area is 132 Å². The highest BCUT2D eigenvalue weighted by Gasteiger charge is 2.40. The zero-order chi connectivity index (χ0) is 14.6. The summed E-state index contributed by atoms with van der Waals surface area (Å²) in [6.45, 7) is 0.